The molecule has 100 valence electrons. The molecule has 3 nitrogen and oxygen atoms in total. The molecule has 2 N–H and O–H groups in total. The Morgan fingerprint density at radius 3 is 2.44 bits per heavy atom. The molecule has 1 fully saturated rings. The Morgan fingerprint density at radius 1 is 1.28 bits per heavy atom. The summed E-state index contributed by atoms with van der Waals surface area (Å²) in [6.45, 7) is 0.723. The molecule has 0 amide bonds. The van der Waals surface area contributed by atoms with Crippen molar-refractivity contribution in [2.24, 2.45) is 5.73 Å². The number of hydrogen-bond acceptors (Lipinski definition) is 3. The lowest BCUT2D eigenvalue weighted by molar-refractivity contribution is 0.408. The van der Waals surface area contributed by atoms with Crippen LogP contribution in [0.5, 0.6) is 5.75 Å². The van der Waals surface area contributed by atoms with Gasteiger partial charge in [-0.05, 0) is 36.6 Å². The molecule has 0 spiro atoms. The van der Waals surface area contributed by atoms with E-state index < -0.39 is 0 Å². The van der Waals surface area contributed by atoms with E-state index in [1.807, 2.05) is 6.07 Å². The van der Waals surface area contributed by atoms with Gasteiger partial charge in [0.15, 0.2) is 0 Å². The Labute approximate surface area is 110 Å². The molecule has 0 atom stereocenters. The second kappa shape index (κ2) is 5.19. The zero-order valence-electron chi connectivity index (χ0n) is 11.7. The summed E-state index contributed by atoms with van der Waals surface area (Å²) in [5, 5.41) is 0. The summed E-state index contributed by atoms with van der Waals surface area (Å²) in [7, 11) is 5.90. The zero-order valence-corrected chi connectivity index (χ0v) is 11.7. The van der Waals surface area contributed by atoms with Gasteiger partial charge in [0.1, 0.15) is 5.75 Å². The Bertz CT molecular complexity index is 409. The van der Waals surface area contributed by atoms with Crippen LogP contribution in [0.15, 0.2) is 18.2 Å². The Kier molecular flexibility index (Phi) is 3.81. The number of benzene rings is 1. The Morgan fingerprint density at radius 2 is 1.94 bits per heavy atom. The van der Waals surface area contributed by atoms with Crippen LogP contribution in [0, 0.1) is 0 Å². The van der Waals surface area contributed by atoms with Crippen molar-refractivity contribution < 1.29 is 4.74 Å². The predicted molar refractivity (Wildman–Crippen MR) is 76.5 cm³/mol. The van der Waals surface area contributed by atoms with Crippen molar-refractivity contribution >= 4 is 5.69 Å². The molecule has 0 unspecified atom stereocenters. The first-order chi connectivity index (χ1) is 8.63. The summed E-state index contributed by atoms with van der Waals surface area (Å²) in [6, 6.07) is 6.34. The van der Waals surface area contributed by atoms with Gasteiger partial charge in [-0.25, -0.2) is 0 Å². The molecule has 1 aromatic rings. The van der Waals surface area contributed by atoms with Crippen molar-refractivity contribution in [3.05, 3.63) is 23.8 Å². The van der Waals surface area contributed by atoms with Gasteiger partial charge in [-0.2, -0.15) is 0 Å². The summed E-state index contributed by atoms with van der Waals surface area (Å²) in [4.78, 5) is 2.17. The van der Waals surface area contributed by atoms with Crippen LogP contribution in [0.3, 0.4) is 0 Å². The first-order valence-electron chi connectivity index (χ1n) is 6.69. The van der Waals surface area contributed by atoms with E-state index in [2.05, 4.69) is 31.1 Å². The second-order valence-electron chi connectivity index (χ2n) is 5.47. The van der Waals surface area contributed by atoms with Crippen molar-refractivity contribution in [2.45, 2.75) is 31.1 Å². The lowest BCUT2D eigenvalue weighted by Gasteiger charge is -2.32. The van der Waals surface area contributed by atoms with Gasteiger partial charge in [-0.15, -0.1) is 0 Å². The maximum absolute atomic E-state index is 6.10. The number of ether oxygens (including phenoxy) is 1. The third-order valence-corrected chi connectivity index (χ3v) is 4.21. The number of methoxy groups -OCH3 is 1. The van der Waals surface area contributed by atoms with Gasteiger partial charge in [0.05, 0.1) is 7.11 Å². The smallest absolute Gasteiger partial charge is 0.119 e. The summed E-state index contributed by atoms with van der Waals surface area (Å²) < 4.78 is 5.38. The average Bonchev–Trinajstić information content (AvgIpc) is 2.87. The van der Waals surface area contributed by atoms with Crippen molar-refractivity contribution in [1.29, 1.82) is 0 Å². The van der Waals surface area contributed by atoms with Crippen LogP contribution < -0.4 is 15.4 Å². The molecule has 0 heterocycles. The van der Waals surface area contributed by atoms with Crippen LogP contribution in [-0.2, 0) is 5.41 Å². The van der Waals surface area contributed by atoms with E-state index in [0.717, 1.165) is 12.3 Å². The molecular formula is C15H24N2O. The van der Waals surface area contributed by atoms with Crippen molar-refractivity contribution in [3.63, 3.8) is 0 Å². The lowest BCUT2D eigenvalue weighted by atomic mass is 9.78. The zero-order chi connectivity index (χ0) is 13.2. The number of hydrogen-bond donors (Lipinski definition) is 1. The first-order valence-corrected chi connectivity index (χ1v) is 6.69. The molecule has 0 radical (unpaired) electrons. The van der Waals surface area contributed by atoms with Crippen LogP contribution in [-0.4, -0.2) is 27.7 Å². The summed E-state index contributed by atoms with van der Waals surface area (Å²) in [6.07, 6.45) is 4.94. The first kappa shape index (κ1) is 13.2. The molecule has 1 aliphatic rings. The predicted octanol–water partition coefficient (Wildman–Crippen LogP) is 2.53. The van der Waals surface area contributed by atoms with Gasteiger partial charge < -0.3 is 15.4 Å². The van der Waals surface area contributed by atoms with E-state index in [-0.39, 0.29) is 5.41 Å². The van der Waals surface area contributed by atoms with E-state index >= 15 is 0 Å². The monoisotopic (exact) mass is 248 g/mol. The molecule has 3 heteroatoms. The van der Waals surface area contributed by atoms with Crippen molar-refractivity contribution in [3.8, 4) is 5.75 Å². The molecule has 0 aromatic heterocycles. The fourth-order valence-corrected chi connectivity index (χ4v) is 3.09. The normalized spacial score (nSPS) is 17.8. The van der Waals surface area contributed by atoms with Gasteiger partial charge in [0.2, 0.25) is 0 Å². The van der Waals surface area contributed by atoms with Crippen LogP contribution in [0.4, 0.5) is 5.69 Å². The average molecular weight is 248 g/mol. The Hall–Kier alpha value is -1.22. The number of anilines is 1. The number of rotatable bonds is 4. The van der Waals surface area contributed by atoms with E-state index in [1.165, 1.54) is 36.9 Å². The fraction of sp³-hybridized carbons (Fsp3) is 0.600. The van der Waals surface area contributed by atoms with Crippen LogP contribution in [0.2, 0.25) is 0 Å². The number of nitrogens with zero attached hydrogens (tertiary/aromatic N) is 1. The molecule has 1 aliphatic carbocycles. The highest BCUT2D eigenvalue weighted by Gasteiger charge is 2.36. The third-order valence-electron chi connectivity index (χ3n) is 4.21. The molecule has 0 saturated heterocycles. The highest BCUT2D eigenvalue weighted by molar-refractivity contribution is 5.59. The summed E-state index contributed by atoms with van der Waals surface area (Å²) in [5.41, 5.74) is 8.87. The van der Waals surface area contributed by atoms with Crippen molar-refractivity contribution in [2.75, 3.05) is 32.6 Å². The molecule has 18 heavy (non-hydrogen) atoms. The van der Waals surface area contributed by atoms with Gasteiger partial charge in [0.25, 0.3) is 0 Å². The largest absolute Gasteiger partial charge is 0.497 e. The van der Waals surface area contributed by atoms with E-state index in [9.17, 15) is 0 Å². The standard InChI is InChI=1S/C15H24N2O/c1-17(2)14-7-6-12(18-3)10-13(14)15(11-16)8-4-5-9-15/h6-7,10H,4-5,8-9,11,16H2,1-3H3. The van der Waals surface area contributed by atoms with Crippen LogP contribution in [0.1, 0.15) is 31.2 Å². The number of nitrogens with two attached hydrogens (primary N) is 1. The highest BCUT2D eigenvalue weighted by atomic mass is 16.5. The van der Waals surface area contributed by atoms with Gasteiger partial charge in [-0.3, -0.25) is 0 Å². The van der Waals surface area contributed by atoms with Gasteiger partial charge in [-0.1, -0.05) is 12.8 Å². The summed E-state index contributed by atoms with van der Waals surface area (Å²) >= 11 is 0. The molecule has 1 aromatic carbocycles. The topological polar surface area (TPSA) is 38.5 Å². The molecule has 0 bridgehead atoms. The van der Waals surface area contributed by atoms with E-state index in [0.29, 0.717) is 0 Å². The minimum Gasteiger partial charge on any atom is -0.497 e. The molecule has 0 aliphatic heterocycles. The van der Waals surface area contributed by atoms with E-state index in [4.69, 9.17) is 10.5 Å². The quantitative estimate of drug-likeness (QED) is 0.890. The maximum atomic E-state index is 6.10. The lowest BCUT2D eigenvalue weighted by Crippen LogP contribution is -2.33. The minimum absolute atomic E-state index is 0.147. The molecular weight excluding hydrogens is 224 g/mol. The van der Waals surface area contributed by atoms with Gasteiger partial charge >= 0.3 is 0 Å². The van der Waals surface area contributed by atoms with Crippen LogP contribution in [0.25, 0.3) is 0 Å². The minimum atomic E-state index is 0.147. The summed E-state index contributed by atoms with van der Waals surface area (Å²) in [5.74, 6) is 0.926. The Balaban J connectivity index is 2.51. The SMILES string of the molecule is COc1ccc(N(C)C)c(C2(CN)CCCC2)c1. The van der Waals surface area contributed by atoms with Crippen molar-refractivity contribution in [1.82, 2.24) is 0 Å². The molecule has 2 rings (SSSR count). The second-order valence-corrected chi connectivity index (χ2v) is 5.47. The highest BCUT2D eigenvalue weighted by Crippen LogP contribution is 2.45. The van der Waals surface area contributed by atoms with Crippen LogP contribution >= 0.6 is 0 Å². The van der Waals surface area contributed by atoms with E-state index in [1.54, 1.807) is 7.11 Å². The third kappa shape index (κ3) is 2.19. The van der Waals surface area contributed by atoms with Gasteiger partial charge in [0, 0.05) is 31.7 Å². The molecule has 1 saturated carbocycles. The maximum Gasteiger partial charge on any atom is 0.119 e. The fourth-order valence-electron chi connectivity index (χ4n) is 3.09.